The van der Waals surface area contributed by atoms with Gasteiger partial charge in [0.25, 0.3) is 10.0 Å². The Morgan fingerprint density at radius 2 is 1.83 bits per heavy atom. The highest BCUT2D eigenvalue weighted by Crippen LogP contribution is 2.29. The standard InChI is InChI=1S/C18H18N2O3S/c1-13-17(15-8-4-3-5-9-15)24(21,22)20-18(13)19-12-14-7-6-10-16(11-14)23-2/h3-11H,12H2,1-2H3,(H,19,20). The number of nitrogens with one attached hydrogen (secondary N) is 1. The van der Waals surface area contributed by atoms with Crippen molar-refractivity contribution in [2.75, 3.05) is 7.11 Å². The van der Waals surface area contributed by atoms with E-state index < -0.39 is 10.0 Å². The molecule has 0 bridgehead atoms. The van der Waals surface area contributed by atoms with E-state index in [1.807, 2.05) is 42.5 Å². The molecule has 1 aliphatic rings. The third kappa shape index (κ3) is 3.19. The molecule has 0 amide bonds. The topological polar surface area (TPSA) is 67.8 Å². The summed E-state index contributed by atoms with van der Waals surface area (Å²) in [5.74, 6) is 1.13. The van der Waals surface area contributed by atoms with E-state index in [1.54, 1.807) is 26.2 Å². The van der Waals surface area contributed by atoms with Crippen LogP contribution >= 0.6 is 0 Å². The SMILES string of the molecule is COc1cccc(CN=C2NS(=O)(=O)C(c3ccccc3)=C2C)c1. The van der Waals surface area contributed by atoms with Gasteiger partial charge in [-0.05, 0) is 30.2 Å². The van der Waals surface area contributed by atoms with Crippen molar-refractivity contribution < 1.29 is 13.2 Å². The van der Waals surface area contributed by atoms with Gasteiger partial charge in [0.15, 0.2) is 0 Å². The van der Waals surface area contributed by atoms with E-state index in [9.17, 15) is 8.42 Å². The first-order chi connectivity index (χ1) is 11.5. The fourth-order valence-corrected chi connectivity index (χ4v) is 4.14. The summed E-state index contributed by atoms with van der Waals surface area (Å²) in [6, 6.07) is 16.6. The lowest BCUT2D eigenvalue weighted by molar-refractivity contribution is 0.414. The van der Waals surface area contributed by atoms with Crippen LogP contribution < -0.4 is 9.46 Å². The number of amidine groups is 1. The zero-order valence-corrected chi connectivity index (χ0v) is 14.3. The summed E-state index contributed by atoms with van der Waals surface area (Å²) >= 11 is 0. The molecule has 2 aromatic carbocycles. The van der Waals surface area contributed by atoms with Gasteiger partial charge in [-0.3, -0.25) is 9.71 Å². The van der Waals surface area contributed by atoms with Crippen molar-refractivity contribution in [2.45, 2.75) is 13.5 Å². The first kappa shape index (κ1) is 16.3. The first-order valence-corrected chi connectivity index (χ1v) is 8.96. The molecule has 2 aromatic rings. The van der Waals surface area contributed by atoms with Crippen LogP contribution in [0.15, 0.2) is 65.2 Å². The molecule has 0 saturated carbocycles. The Hall–Kier alpha value is -2.60. The monoisotopic (exact) mass is 342 g/mol. The highest BCUT2D eigenvalue weighted by atomic mass is 32.2. The lowest BCUT2D eigenvalue weighted by Gasteiger charge is -2.03. The highest BCUT2D eigenvalue weighted by molar-refractivity contribution is 8.00. The zero-order chi connectivity index (χ0) is 17.2. The lowest BCUT2D eigenvalue weighted by Crippen LogP contribution is -2.23. The fraction of sp³-hybridized carbons (Fsp3) is 0.167. The van der Waals surface area contributed by atoms with Gasteiger partial charge in [-0.2, -0.15) is 0 Å². The molecule has 0 saturated heterocycles. The third-order valence-electron chi connectivity index (χ3n) is 3.79. The van der Waals surface area contributed by atoms with Crippen molar-refractivity contribution >= 4 is 20.8 Å². The number of rotatable bonds is 4. The van der Waals surface area contributed by atoms with Gasteiger partial charge >= 0.3 is 0 Å². The molecule has 1 N–H and O–H groups in total. The van der Waals surface area contributed by atoms with Crippen LogP contribution in [0.25, 0.3) is 4.91 Å². The number of ether oxygens (including phenoxy) is 1. The first-order valence-electron chi connectivity index (χ1n) is 7.48. The minimum atomic E-state index is -3.58. The summed E-state index contributed by atoms with van der Waals surface area (Å²) in [4.78, 5) is 4.72. The molecule has 124 valence electrons. The average molecular weight is 342 g/mol. The van der Waals surface area contributed by atoms with Gasteiger partial charge in [-0.1, -0.05) is 42.5 Å². The number of methoxy groups -OCH3 is 1. The molecule has 0 atom stereocenters. The number of aliphatic imine (C=N–C) groups is 1. The quantitative estimate of drug-likeness (QED) is 0.929. The van der Waals surface area contributed by atoms with Crippen LogP contribution in [0.4, 0.5) is 0 Å². The summed E-state index contributed by atoms with van der Waals surface area (Å²) in [6.07, 6.45) is 0. The Bertz CT molecular complexity index is 916. The molecule has 0 unspecified atom stereocenters. The Labute approximate surface area is 141 Å². The number of hydrogen-bond acceptors (Lipinski definition) is 4. The number of sulfonamides is 1. The van der Waals surface area contributed by atoms with E-state index in [4.69, 9.17) is 4.74 Å². The molecule has 0 spiro atoms. The van der Waals surface area contributed by atoms with Crippen LogP contribution in [0.1, 0.15) is 18.1 Å². The van der Waals surface area contributed by atoms with E-state index >= 15 is 0 Å². The molecular formula is C18H18N2O3S. The molecule has 3 rings (SSSR count). The molecule has 6 heteroatoms. The summed E-state index contributed by atoms with van der Waals surface area (Å²) in [7, 11) is -1.98. The summed E-state index contributed by atoms with van der Waals surface area (Å²) in [5, 5.41) is 0. The van der Waals surface area contributed by atoms with E-state index in [0.717, 1.165) is 11.3 Å². The van der Waals surface area contributed by atoms with E-state index in [-0.39, 0.29) is 4.91 Å². The second kappa shape index (κ2) is 6.49. The van der Waals surface area contributed by atoms with Gasteiger partial charge in [-0.25, -0.2) is 8.42 Å². The van der Waals surface area contributed by atoms with Crippen LogP contribution in [0.5, 0.6) is 5.75 Å². The van der Waals surface area contributed by atoms with Crippen LogP contribution in [-0.4, -0.2) is 21.4 Å². The Morgan fingerprint density at radius 3 is 2.54 bits per heavy atom. The lowest BCUT2D eigenvalue weighted by atomic mass is 10.1. The van der Waals surface area contributed by atoms with Gasteiger partial charge in [0.2, 0.25) is 0 Å². The Kier molecular flexibility index (Phi) is 4.40. The maximum atomic E-state index is 12.4. The van der Waals surface area contributed by atoms with E-state index in [2.05, 4.69) is 9.71 Å². The van der Waals surface area contributed by atoms with Crippen LogP contribution in [0.2, 0.25) is 0 Å². The minimum Gasteiger partial charge on any atom is -0.497 e. The van der Waals surface area contributed by atoms with Crippen molar-refractivity contribution in [3.05, 3.63) is 71.3 Å². The predicted octanol–water partition coefficient (Wildman–Crippen LogP) is 2.96. The molecule has 1 heterocycles. The maximum absolute atomic E-state index is 12.4. The third-order valence-corrected chi connectivity index (χ3v) is 5.33. The van der Waals surface area contributed by atoms with Crippen molar-refractivity contribution in [1.29, 1.82) is 0 Å². The van der Waals surface area contributed by atoms with Crippen molar-refractivity contribution in [3.8, 4) is 5.75 Å². The zero-order valence-electron chi connectivity index (χ0n) is 13.5. The Morgan fingerprint density at radius 1 is 1.08 bits per heavy atom. The Balaban J connectivity index is 1.93. The number of nitrogens with zero attached hydrogens (tertiary/aromatic N) is 1. The summed E-state index contributed by atoms with van der Waals surface area (Å²) in [5.41, 5.74) is 2.24. The molecule has 0 fully saturated rings. The van der Waals surface area contributed by atoms with E-state index in [1.165, 1.54) is 0 Å². The summed E-state index contributed by atoms with van der Waals surface area (Å²) in [6.45, 7) is 2.14. The van der Waals surface area contributed by atoms with Crippen LogP contribution in [-0.2, 0) is 16.6 Å². The molecule has 0 radical (unpaired) electrons. The molecule has 0 aromatic heterocycles. The molecule has 5 nitrogen and oxygen atoms in total. The van der Waals surface area contributed by atoms with Gasteiger partial charge in [0.05, 0.1) is 13.7 Å². The minimum absolute atomic E-state index is 0.285. The molecule has 1 aliphatic heterocycles. The van der Waals surface area contributed by atoms with Crippen molar-refractivity contribution in [1.82, 2.24) is 4.72 Å². The van der Waals surface area contributed by atoms with E-state index in [0.29, 0.717) is 23.5 Å². The fourth-order valence-electron chi connectivity index (χ4n) is 2.62. The largest absolute Gasteiger partial charge is 0.497 e. The smallest absolute Gasteiger partial charge is 0.264 e. The van der Waals surface area contributed by atoms with Gasteiger partial charge in [0.1, 0.15) is 16.5 Å². The second-order valence-corrected chi connectivity index (χ2v) is 7.06. The highest BCUT2D eigenvalue weighted by Gasteiger charge is 2.32. The van der Waals surface area contributed by atoms with Crippen molar-refractivity contribution in [2.24, 2.45) is 4.99 Å². The average Bonchev–Trinajstić information content (AvgIpc) is 2.82. The maximum Gasteiger partial charge on any atom is 0.264 e. The second-order valence-electron chi connectivity index (χ2n) is 5.44. The van der Waals surface area contributed by atoms with Crippen LogP contribution in [0.3, 0.4) is 0 Å². The number of hydrogen-bond donors (Lipinski definition) is 1. The molecule has 24 heavy (non-hydrogen) atoms. The molecular weight excluding hydrogens is 324 g/mol. The predicted molar refractivity (Wildman–Crippen MR) is 95.2 cm³/mol. The normalized spacial score (nSPS) is 17.8. The van der Waals surface area contributed by atoms with Gasteiger partial charge in [-0.15, -0.1) is 0 Å². The summed E-state index contributed by atoms with van der Waals surface area (Å²) < 4.78 is 32.6. The van der Waals surface area contributed by atoms with Crippen molar-refractivity contribution in [3.63, 3.8) is 0 Å². The van der Waals surface area contributed by atoms with Gasteiger partial charge in [0, 0.05) is 5.57 Å². The molecule has 0 aliphatic carbocycles. The van der Waals surface area contributed by atoms with Crippen LogP contribution in [0, 0.1) is 0 Å². The number of benzene rings is 2. The van der Waals surface area contributed by atoms with Gasteiger partial charge < -0.3 is 4.74 Å².